The van der Waals surface area contributed by atoms with Crippen molar-refractivity contribution in [3.8, 4) is 0 Å². The standard InChI is InChI=1S/C12H29N3.C3H9N/c1-3-5-6-11-15(10-4-2)12-9-14-8-7-13;1-2-3-4/h14H,3-13H2,1-2H3;2-4H2,1H3. The van der Waals surface area contributed by atoms with Crippen LogP contribution in [0.4, 0.5) is 0 Å². The summed E-state index contributed by atoms with van der Waals surface area (Å²) in [6, 6.07) is 0. The minimum atomic E-state index is 0.740. The average molecular weight is 274 g/mol. The van der Waals surface area contributed by atoms with E-state index < -0.39 is 0 Å². The first-order valence-corrected chi connectivity index (χ1v) is 8.09. The Balaban J connectivity index is 0. The molecule has 0 radical (unpaired) electrons. The lowest BCUT2D eigenvalue weighted by Crippen LogP contribution is -2.35. The molecule has 0 amide bonds. The first-order valence-electron chi connectivity index (χ1n) is 8.09. The van der Waals surface area contributed by atoms with Gasteiger partial charge in [0, 0.05) is 26.2 Å². The van der Waals surface area contributed by atoms with Gasteiger partial charge in [0.05, 0.1) is 0 Å². The van der Waals surface area contributed by atoms with Gasteiger partial charge in [-0.15, -0.1) is 0 Å². The van der Waals surface area contributed by atoms with Crippen LogP contribution in [0.1, 0.15) is 52.9 Å². The molecule has 0 heterocycles. The highest BCUT2D eigenvalue weighted by atomic mass is 15.1. The average Bonchev–Trinajstić information content (AvgIpc) is 2.44. The second kappa shape index (κ2) is 20.2. The van der Waals surface area contributed by atoms with Gasteiger partial charge in [-0.25, -0.2) is 0 Å². The molecule has 4 heteroatoms. The van der Waals surface area contributed by atoms with Gasteiger partial charge < -0.3 is 21.7 Å². The van der Waals surface area contributed by atoms with Crippen LogP contribution in [0.25, 0.3) is 0 Å². The van der Waals surface area contributed by atoms with E-state index in [1.807, 2.05) is 0 Å². The molecule has 0 spiro atoms. The molecule has 0 unspecified atom stereocenters. The van der Waals surface area contributed by atoms with Crippen molar-refractivity contribution in [2.75, 3.05) is 45.8 Å². The zero-order chi connectivity index (χ0) is 14.8. The molecule has 0 aliphatic rings. The van der Waals surface area contributed by atoms with Crippen molar-refractivity contribution in [2.45, 2.75) is 52.9 Å². The summed E-state index contributed by atoms with van der Waals surface area (Å²) in [6.07, 6.45) is 6.36. The number of nitrogens with two attached hydrogens (primary N) is 2. The quantitative estimate of drug-likeness (QED) is 0.475. The number of nitrogens with one attached hydrogen (secondary N) is 1. The number of nitrogens with zero attached hydrogens (tertiary/aromatic N) is 1. The van der Waals surface area contributed by atoms with E-state index in [-0.39, 0.29) is 0 Å². The lowest BCUT2D eigenvalue weighted by molar-refractivity contribution is 0.268. The van der Waals surface area contributed by atoms with Gasteiger partial charge in [0.15, 0.2) is 0 Å². The van der Waals surface area contributed by atoms with Gasteiger partial charge >= 0.3 is 0 Å². The Kier molecular flexibility index (Phi) is 22.4. The topological polar surface area (TPSA) is 67.3 Å². The molecule has 0 saturated carbocycles. The van der Waals surface area contributed by atoms with Crippen LogP contribution in [-0.2, 0) is 0 Å². The van der Waals surface area contributed by atoms with Crippen LogP contribution in [0.5, 0.6) is 0 Å². The maximum Gasteiger partial charge on any atom is 0.0107 e. The molecule has 0 atom stereocenters. The van der Waals surface area contributed by atoms with Crippen molar-refractivity contribution in [3.63, 3.8) is 0 Å². The van der Waals surface area contributed by atoms with Crippen molar-refractivity contribution in [1.29, 1.82) is 0 Å². The molecule has 118 valence electrons. The summed E-state index contributed by atoms with van der Waals surface area (Å²) in [5.74, 6) is 0. The fraction of sp³-hybridized carbons (Fsp3) is 1.00. The third kappa shape index (κ3) is 20.3. The van der Waals surface area contributed by atoms with Crippen LogP contribution in [0.2, 0.25) is 0 Å². The minimum absolute atomic E-state index is 0.740. The molecular weight excluding hydrogens is 236 g/mol. The normalized spacial score (nSPS) is 10.4. The van der Waals surface area contributed by atoms with Crippen LogP contribution < -0.4 is 16.8 Å². The van der Waals surface area contributed by atoms with Crippen molar-refractivity contribution < 1.29 is 0 Å². The van der Waals surface area contributed by atoms with Gasteiger partial charge in [-0.1, -0.05) is 33.6 Å². The van der Waals surface area contributed by atoms with Crippen LogP contribution >= 0.6 is 0 Å². The lowest BCUT2D eigenvalue weighted by atomic mass is 10.2. The van der Waals surface area contributed by atoms with Crippen LogP contribution in [0.15, 0.2) is 0 Å². The summed E-state index contributed by atoms with van der Waals surface area (Å²) in [7, 11) is 0. The van der Waals surface area contributed by atoms with Crippen LogP contribution in [0.3, 0.4) is 0 Å². The molecule has 0 aromatic rings. The molecule has 0 fully saturated rings. The zero-order valence-electron chi connectivity index (χ0n) is 13.6. The summed E-state index contributed by atoms with van der Waals surface area (Å²) in [5.41, 5.74) is 10.5. The van der Waals surface area contributed by atoms with E-state index in [1.165, 1.54) is 38.8 Å². The number of unbranched alkanes of at least 4 members (excludes halogenated alkanes) is 2. The summed E-state index contributed by atoms with van der Waals surface area (Å²) in [4.78, 5) is 2.55. The van der Waals surface area contributed by atoms with Crippen molar-refractivity contribution >= 4 is 0 Å². The summed E-state index contributed by atoms with van der Waals surface area (Å²) in [5, 5.41) is 3.35. The highest BCUT2D eigenvalue weighted by Gasteiger charge is 2.02. The van der Waals surface area contributed by atoms with Crippen molar-refractivity contribution in [1.82, 2.24) is 10.2 Å². The molecule has 5 N–H and O–H groups in total. The maximum atomic E-state index is 5.43. The molecule has 0 aromatic heterocycles. The molecule has 0 rings (SSSR count). The van der Waals surface area contributed by atoms with Gasteiger partial charge in [-0.2, -0.15) is 0 Å². The Bertz CT molecular complexity index is 140. The Labute approximate surface area is 121 Å². The zero-order valence-corrected chi connectivity index (χ0v) is 13.6. The van der Waals surface area contributed by atoms with E-state index >= 15 is 0 Å². The second-order valence-corrected chi connectivity index (χ2v) is 4.88. The van der Waals surface area contributed by atoms with Gasteiger partial charge in [0.1, 0.15) is 0 Å². The molecule has 19 heavy (non-hydrogen) atoms. The van der Waals surface area contributed by atoms with Crippen LogP contribution in [-0.4, -0.2) is 50.7 Å². The third-order valence-electron chi connectivity index (χ3n) is 2.83. The highest BCUT2D eigenvalue weighted by molar-refractivity contribution is 4.59. The van der Waals surface area contributed by atoms with Gasteiger partial charge in [0.2, 0.25) is 0 Å². The summed E-state index contributed by atoms with van der Waals surface area (Å²) >= 11 is 0. The largest absolute Gasteiger partial charge is 0.330 e. The molecule has 0 aliphatic heterocycles. The van der Waals surface area contributed by atoms with E-state index in [0.29, 0.717) is 0 Å². The SMILES string of the molecule is CCCCCN(CCC)CCNCCN.CCCN. The minimum Gasteiger partial charge on any atom is -0.330 e. The summed E-state index contributed by atoms with van der Waals surface area (Å²) < 4.78 is 0. The Morgan fingerprint density at radius 3 is 1.89 bits per heavy atom. The van der Waals surface area contributed by atoms with Gasteiger partial charge in [0.25, 0.3) is 0 Å². The van der Waals surface area contributed by atoms with Gasteiger partial charge in [-0.05, 0) is 38.9 Å². The van der Waals surface area contributed by atoms with E-state index in [0.717, 1.165) is 39.1 Å². The Hall–Kier alpha value is -0.160. The fourth-order valence-electron chi connectivity index (χ4n) is 1.70. The third-order valence-corrected chi connectivity index (χ3v) is 2.83. The number of hydrogen-bond acceptors (Lipinski definition) is 4. The first-order chi connectivity index (χ1) is 9.26. The smallest absolute Gasteiger partial charge is 0.0107 e. The number of rotatable bonds is 12. The Morgan fingerprint density at radius 1 is 0.737 bits per heavy atom. The highest BCUT2D eigenvalue weighted by Crippen LogP contribution is 1.98. The summed E-state index contributed by atoms with van der Waals surface area (Å²) in [6.45, 7) is 13.8. The monoisotopic (exact) mass is 274 g/mol. The molecule has 0 aromatic carbocycles. The molecular formula is C15H38N4. The van der Waals surface area contributed by atoms with Crippen LogP contribution in [0, 0.1) is 0 Å². The van der Waals surface area contributed by atoms with Crippen molar-refractivity contribution in [3.05, 3.63) is 0 Å². The first kappa shape index (κ1) is 21.1. The molecule has 0 aliphatic carbocycles. The lowest BCUT2D eigenvalue weighted by Gasteiger charge is -2.21. The van der Waals surface area contributed by atoms with Crippen molar-refractivity contribution in [2.24, 2.45) is 11.5 Å². The van der Waals surface area contributed by atoms with Gasteiger partial charge in [-0.3, -0.25) is 0 Å². The Morgan fingerprint density at radius 2 is 1.42 bits per heavy atom. The van der Waals surface area contributed by atoms with E-state index in [4.69, 9.17) is 11.5 Å². The molecule has 0 bridgehead atoms. The molecule has 4 nitrogen and oxygen atoms in total. The maximum absolute atomic E-state index is 5.43. The van der Waals surface area contributed by atoms with E-state index in [9.17, 15) is 0 Å². The predicted octanol–water partition coefficient (Wildman–Crippen LogP) is 1.79. The van der Waals surface area contributed by atoms with E-state index in [2.05, 4.69) is 31.0 Å². The molecule has 0 saturated heterocycles. The van der Waals surface area contributed by atoms with E-state index in [1.54, 1.807) is 0 Å². The predicted molar refractivity (Wildman–Crippen MR) is 87.5 cm³/mol. The second-order valence-electron chi connectivity index (χ2n) is 4.88. The fourth-order valence-corrected chi connectivity index (χ4v) is 1.70. The number of hydrogen-bond donors (Lipinski definition) is 3.